The molecule has 0 aliphatic carbocycles. The van der Waals surface area contributed by atoms with E-state index < -0.39 is 34.6 Å². The van der Waals surface area contributed by atoms with Crippen LogP contribution in [0.1, 0.15) is 5.69 Å². The van der Waals surface area contributed by atoms with Gasteiger partial charge in [0.2, 0.25) is 0 Å². The van der Waals surface area contributed by atoms with Crippen molar-refractivity contribution in [2.24, 2.45) is 0 Å². The van der Waals surface area contributed by atoms with E-state index in [2.05, 4.69) is 9.97 Å². The van der Waals surface area contributed by atoms with Gasteiger partial charge in [-0.3, -0.25) is 4.79 Å². The molecule has 0 spiro atoms. The third-order valence-electron chi connectivity index (χ3n) is 3.41. The largest absolute Gasteiger partial charge is 0.433 e. The summed E-state index contributed by atoms with van der Waals surface area (Å²) in [6.07, 6.45) is -2.38. The molecule has 0 aliphatic rings. The standard InChI is InChI=1S/C15H8ClF4N5O3/c16-7-4-8(17)9(5-10(7)28-13-22-2-1-3-23-13)24-12(26)6-11(15(18,19)20)25(21)14(24)27/h1-6H,21H2. The molecule has 0 saturated carbocycles. The number of nitrogens with zero attached hydrogens (tertiary/aromatic N) is 4. The van der Waals surface area contributed by atoms with Gasteiger partial charge >= 0.3 is 17.9 Å². The summed E-state index contributed by atoms with van der Waals surface area (Å²) in [5.41, 5.74) is -5.49. The third kappa shape index (κ3) is 3.53. The molecule has 2 N–H and O–H groups in total. The van der Waals surface area contributed by atoms with Crippen LogP contribution in [0.5, 0.6) is 11.8 Å². The van der Waals surface area contributed by atoms with Crippen LogP contribution in [-0.4, -0.2) is 19.2 Å². The molecule has 28 heavy (non-hydrogen) atoms. The van der Waals surface area contributed by atoms with Gasteiger partial charge < -0.3 is 10.6 Å². The molecule has 0 fully saturated rings. The van der Waals surface area contributed by atoms with Crippen molar-refractivity contribution in [1.82, 2.24) is 19.2 Å². The van der Waals surface area contributed by atoms with Gasteiger partial charge in [-0.15, -0.1) is 0 Å². The van der Waals surface area contributed by atoms with Gasteiger partial charge in [0, 0.05) is 24.5 Å². The Morgan fingerprint density at radius 1 is 1.11 bits per heavy atom. The van der Waals surface area contributed by atoms with Crippen LogP contribution in [-0.2, 0) is 6.18 Å². The van der Waals surface area contributed by atoms with Crippen molar-refractivity contribution in [2.75, 3.05) is 5.84 Å². The van der Waals surface area contributed by atoms with Crippen molar-refractivity contribution < 1.29 is 22.3 Å². The first-order chi connectivity index (χ1) is 13.1. The molecule has 0 atom stereocenters. The fourth-order valence-electron chi connectivity index (χ4n) is 2.20. The number of rotatable bonds is 3. The summed E-state index contributed by atoms with van der Waals surface area (Å²) in [7, 11) is 0. The van der Waals surface area contributed by atoms with E-state index in [9.17, 15) is 27.2 Å². The number of nitrogen functional groups attached to an aromatic ring is 1. The highest BCUT2D eigenvalue weighted by molar-refractivity contribution is 6.32. The molecule has 13 heteroatoms. The predicted molar refractivity (Wildman–Crippen MR) is 88.5 cm³/mol. The average molecular weight is 418 g/mol. The minimum Gasteiger partial charge on any atom is -0.423 e. The fourth-order valence-corrected chi connectivity index (χ4v) is 2.39. The summed E-state index contributed by atoms with van der Waals surface area (Å²) in [6, 6.07) is 2.92. The van der Waals surface area contributed by atoms with E-state index in [4.69, 9.17) is 22.2 Å². The minimum absolute atomic E-state index is 0.0658. The monoisotopic (exact) mass is 417 g/mol. The van der Waals surface area contributed by atoms with Gasteiger partial charge in [0.1, 0.15) is 5.82 Å². The summed E-state index contributed by atoms with van der Waals surface area (Å²) in [6.45, 7) is 0. The van der Waals surface area contributed by atoms with Crippen LogP contribution in [0.3, 0.4) is 0 Å². The number of hydrogen-bond acceptors (Lipinski definition) is 6. The van der Waals surface area contributed by atoms with Crippen molar-refractivity contribution in [3.05, 3.63) is 74.0 Å². The van der Waals surface area contributed by atoms with E-state index in [1.807, 2.05) is 0 Å². The fraction of sp³-hybridized carbons (Fsp3) is 0.0667. The Balaban J connectivity index is 2.20. The van der Waals surface area contributed by atoms with Crippen LogP contribution in [0.2, 0.25) is 5.02 Å². The van der Waals surface area contributed by atoms with E-state index in [0.717, 1.165) is 6.07 Å². The van der Waals surface area contributed by atoms with Gasteiger partial charge in [-0.2, -0.15) is 13.2 Å². The van der Waals surface area contributed by atoms with Crippen molar-refractivity contribution in [2.45, 2.75) is 6.18 Å². The molecule has 8 nitrogen and oxygen atoms in total. The Labute approximate surface area is 157 Å². The molecule has 0 bridgehead atoms. The lowest BCUT2D eigenvalue weighted by Crippen LogP contribution is -2.45. The number of halogens is 5. The summed E-state index contributed by atoms with van der Waals surface area (Å²) in [4.78, 5) is 31.8. The number of ether oxygens (including phenoxy) is 1. The van der Waals surface area contributed by atoms with Crippen molar-refractivity contribution in [1.29, 1.82) is 0 Å². The first kappa shape index (κ1) is 19.4. The zero-order chi connectivity index (χ0) is 20.6. The molecule has 0 aliphatic heterocycles. The number of nitrogens with two attached hydrogens (primary N) is 1. The third-order valence-corrected chi connectivity index (χ3v) is 3.71. The van der Waals surface area contributed by atoms with E-state index in [-0.39, 0.29) is 32.1 Å². The molecule has 146 valence electrons. The molecule has 0 unspecified atom stereocenters. The molecule has 3 aromatic rings. The number of hydrogen-bond donors (Lipinski definition) is 1. The zero-order valence-electron chi connectivity index (χ0n) is 13.4. The van der Waals surface area contributed by atoms with Crippen molar-refractivity contribution >= 4 is 11.6 Å². The van der Waals surface area contributed by atoms with Crippen LogP contribution in [0.4, 0.5) is 17.6 Å². The highest BCUT2D eigenvalue weighted by atomic mass is 35.5. The Bertz CT molecular complexity index is 1160. The first-order valence-electron chi connectivity index (χ1n) is 7.25. The Hall–Kier alpha value is -3.41. The second kappa shape index (κ2) is 6.96. The molecule has 3 rings (SSSR count). The van der Waals surface area contributed by atoms with E-state index >= 15 is 0 Å². The van der Waals surface area contributed by atoms with E-state index in [0.29, 0.717) is 6.07 Å². The molecule has 0 radical (unpaired) electrons. The van der Waals surface area contributed by atoms with Crippen molar-refractivity contribution in [3.8, 4) is 17.4 Å². The summed E-state index contributed by atoms with van der Waals surface area (Å²) in [5.74, 6) is 3.72. The van der Waals surface area contributed by atoms with Crippen LogP contribution < -0.4 is 21.8 Å². The molecule has 0 saturated heterocycles. The Morgan fingerprint density at radius 3 is 2.36 bits per heavy atom. The quantitative estimate of drug-likeness (QED) is 0.517. The second-order valence-corrected chi connectivity index (χ2v) is 5.63. The Kier molecular flexibility index (Phi) is 4.81. The van der Waals surface area contributed by atoms with E-state index in [1.54, 1.807) is 0 Å². The lowest BCUT2D eigenvalue weighted by atomic mass is 10.2. The summed E-state index contributed by atoms with van der Waals surface area (Å²) in [5, 5.41) is -0.262. The van der Waals surface area contributed by atoms with Crippen molar-refractivity contribution in [3.63, 3.8) is 0 Å². The van der Waals surface area contributed by atoms with Crippen LogP contribution in [0, 0.1) is 5.82 Å². The summed E-state index contributed by atoms with van der Waals surface area (Å²) >= 11 is 5.87. The van der Waals surface area contributed by atoms with Gasteiger partial charge in [-0.25, -0.2) is 28.4 Å². The molecular weight excluding hydrogens is 410 g/mol. The van der Waals surface area contributed by atoms with E-state index in [1.165, 1.54) is 18.5 Å². The van der Waals surface area contributed by atoms with Crippen LogP contribution in [0.25, 0.3) is 5.69 Å². The van der Waals surface area contributed by atoms with Gasteiger partial charge in [-0.05, 0) is 12.1 Å². The maximum atomic E-state index is 14.3. The maximum Gasteiger partial charge on any atom is 0.433 e. The number of benzene rings is 1. The molecule has 2 aromatic heterocycles. The lowest BCUT2D eigenvalue weighted by Gasteiger charge is -2.15. The second-order valence-electron chi connectivity index (χ2n) is 5.22. The average Bonchev–Trinajstić information content (AvgIpc) is 2.61. The van der Waals surface area contributed by atoms with Crippen LogP contribution >= 0.6 is 11.6 Å². The van der Waals surface area contributed by atoms with Gasteiger partial charge in [0.15, 0.2) is 11.4 Å². The SMILES string of the molecule is Nn1c(C(F)(F)F)cc(=O)n(-c2cc(Oc3ncccn3)c(Cl)cc2F)c1=O. The van der Waals surface area contributed by atoms with Gasteiger partial charge in [-0.1, -0.05) is 11.6 Å². The first-order valence-corrected chi connectivity index (χ1v) is 7.63. The lowest BCUT2D eigenvalue weighted by molar-refractivity contribution is -0.143. The van der Waals surface area contributed by atoms with Gasteiger partial charge in [0.25, 0.3) is 5.56 Å². The highest BCUT2D eigenvalue weighted by Crippen LogP contribution is 2.31. The summed E-state index contributed by atoms with van der Waals surface area (Å²) < 4.78 is 58.0. The Morgan fingerprint density at radius 2 is 1.75 bits per heavy atom. The number of alkyl halides is 3. The van der Waals surface area contributed by atoms with Crippen LogP contribution in [0.15, 0.2) is 46.2 Å². The van der Waals surface area contributed by atoms with Gasteiger partial charge in [0.05, 0.1) is 10.7 Å². The molecule has 0 amide bonds. The molecule has 2 heterocycles. The smallest absolute Gasteiger partial charge is 0.423 e. The zero-order valence-corrected chi connectivity index (χ0v) is 14.2. The molecule has 1 aromatic carbocycles. The topological polar surface area (TPSA) is 105 Å². The molecular formula is C15H8ClF4N5O3. The maximum absolute atomic E-state index is 14.3. The normalized spacial score (nSPS) is 11.5. The highest BCUT2D eigenvalue weighted by Gasteiger charge is 2.36. The number of aromatic nitrogens is 4. The predicted octanol–water partition coefficient (Wildman–Crippen LogP) is 2.11. The minimum atomic E-state index is -5.07.